The first kappa shape index (κ1) is 24.4. The average molecular weight is 405 g/mol. The number of halogens is 2. The fraction of sp³-hybridized carbons (Fsp3) is 0.933. The molecule has 0 aliphatic rings. The van der Waals surface area contributed by atoms with E-state index in [1.54, 1.807) is 7.11 Å². The van der Waals surface area contributed by atoms with Crippen LogP contribution in [0.4, 0.5) is 8.78 Å². The van der Waals surface area contributed by atoms with Gasteiger partial charge in [-0.15, -0.1) is 0 Å². The Morgan fingerprint density at radius 1 is 1.20 bits per heavy atom. The SMILES string of the molecule is CCCCCCC(CCC(=O)OCC(F)(F)S(=O)(=O)O)[Si](C)(C)OC. The van der Waals surface area contributed by atoms with E-state index < -0.39 is 36.3 Å². The van der Waals surface area contributed by atoms with Gasteiger partial charge in [-0.2, -0.15) is 17.2 Å². The first-order valence-corrected chi connectivity index (χ1v) is 12.9. The standard InChI is InChI=1S/C15H30F2O6SSi/c1-5-6-7-8-9-13(25(3,4)22-2)10-11-14(18)23-12-15(16,17)24(19,20)21/h13H,5-12H2,1-4H3,(H,19,20,21). The number of unbranched alkanes of at least 4 members (excludes halogenated alkanes) is 3. The minimum atomic E-state index is -5.60. The van der Waals surface area contributed by atoms with Crippen LogP contribution >= 0.6 is 0 Å². The number of ether oxygens (including phenoxy) is 1. The van der Waals surface area contributed by atoms with Crippen molar-refractivity contribution in [1.29, 1.82) is 0 Å². The monoisotopic (exact) mass is 404 g/mol. The van der Waals surface area contributed by atoms with Gasteiger partial charge in [-0.25, -0.2) is 0 Å². The normalized spacial score (nSPS) is 14.4. The van der Waals surface area contributed by atoms with E-state index in [2.05, 4.69) is 11.7 Å². The van der Waals surface area contributed by atoms with Crippen molar-refractivity contribution in [3.05, 3.63) is 0 Å². The van der Waals surface area contributed by atoms with Crippen molar-refractivity contribution in [2.45, 2.75) is 75.8 Å². The van der Waals surface area contributed by atoms with E-state index in [9.17, 15) is 22.0 Å². The largest absolute Gasteiger partial charge is 0.458 e. The molecular weight excluding hydrogens is 374 g/mol. The van der Waals surface area contributed by atoms with Crippen LogP contribution in [0.1, 0.15) is 51.9 Å². The molecule has 1 N–H and O–H groups in total. The van der Waals surface area contributed by atoms with Crippen LogP contribution in [0.25, 0.3) is 0 Å². The zero-order valence-electron chi connectivity index (χ0n) is 15.4. The fourth-order valence-corrected chi connectivity index (χ4v) is 4.71. The first-order valence-electron chi connectivity index (χ1n) is 8.43. The van der Waals surface area contributed by atoms with E-state index in [0.717, 1.165) is 32.1 Å². The second-order valence-corrected chi connectivity index (χ2v) is 12.6. The summed E-state index contributed by atoms with van der Waals surface area (Å²) in [5, 5.41) is -4.50. The topological polar surface area (TPSA) is 89.9 Å². The Morgan fingerprint density at radius 2 is 1.80 bits per heavy atom. The minimum Gasteiger partial charge on any atom is -0.458 e. The molecule has 0 rings (SSSR count). The molecule has 1 unspecified atom stereocenters. The van der Waals surface area contributed by atoms with Crippen molar-refractivity contribution in [3.8, 4) is 0 Å². The Labute approximate surface area is 150 Å². The quantitative estimate of drug-likeness (QED) is 0.216. The third kappa shape index (κ3) is 9.07. The molecule has 0 bridgehead atoms. The van der Waals surface area contributed by atoms with E-state index >= 15 is 0 Å². The van der Waals surface area contributed by atoms with Crippen molar-refractivity contribution in [2.24, 2.45) is 0 Å². The highest BCUT2D eigenvalue weighted by Crippen LogP contribution is 2.33. The van der Waals surface area contributed by atoms with E-state index in [4.69, 9.17) is 8.98 Å². The van der Waals surface area contributed by atoms with Gasteiger partial charge in [-0.3, -0.25) is 9.35 Å². The Kier molecular flexibility index (Phi) is 10.3. The highest BCUT2D eigenvalue weighted by molar-refractivity contribution is 7.86. The zero-order valence-corrected chi connectivity index (χ0v) is 17.2. The maximum absolute atomic E-state index is 13.0. The number of carbonyl (C=O) groups is 1. The van der Waals surface area contributed by atoms with Crippen molar-refractivity contribution < 1.29 is 35.7 Å². The van der Waals surface area contributed by atoms with E-state index in [-0.39, 0.29) is 12.0 Å². The molecule has 0 saturated carbocycles. The summed E-state index contributed by atoms with van der Waals surface area (Å²) in [7, 11) is -5.98. The molecule has 0 aromatic rings. The van der Waals surface area contributed by atoms with Gasteiger partial charge < -0.3 is 9.16 Å². The summed E-state index contributed by atoms with van der Waals surface area (Å²) in [5.41, 5.74) is 0.170. The van der Waals surface area contributed by atoms with E-state index in [1.165, 1.54) is 0 Å². The molecule has 10 heteroatoms. The van der Waals surface area contributed by atoms with Crippen LogP contribution in [-0.4, -0.2) is 46.2 Å². The number of rotatable bonds is 13. The smallest absolute Gasteiger partial charge is 0.402 e. The van der Waals surface area contributed by atoms with Gasteiger partial charge in [0.15, 0.2) is 14.9 Å². The number of esters is 1. The predicted molar refractivity (Wildman–Crippen MR) is 93.7 cm³/mol. The molecule has 0 aliphatic heterocycles. The second-order valence-electron chi connectivity index (χ2n) is 6.67. The van der Waals surface area contributed by atoms with Gasteiger partial charge in [0.05, 0.1) is 0 Å². The molecule has 0 aromatic heterocycles. The third-order valence-electron chi connectivity index (χ3n) is 4.39. The average Bonchev–Trinajstić information content (AvgIpc) is 2.50. The summed E-state index contributed by atoms with van der Waals surface area (Å²) in [4.78, 5) is 11.7. The van der Waals surface area contributed by atoms with Crippen LogP contribution in [-0.2, 0) is 24.1 Å². The lowest BCUT2D eigenvalue weighted by Gasteiger charge is -2.30. The molecule has 0 heterocycles. The summed E-state index contributed by atoms with van der Waals surface area (Å²) in [6.45, 7) is 4.51. The van der Waals surface area contributed by atoms with Crippen molar-refractivity contribution in [1.82, 2.24) is 0 Å². The van der Waals surface area contributed by atoms with Crippen molar-refractivity contribution >= 4 is 24.4 Å². The molecule has 0 saturated heterocycles. The van der Waals surface area contributed by atoms with Crippen molar-refractivity contribution in [3.63, 3.8) is 0 Å². The Hall–Kier alpha value is -0.583. The summed E-state index contributed by atoms with van der Waals surface area (Å²) in [6, 6.07) is 0. The minimum absolute atomic E-state index is 0.0974. The lowest BCUT2D eigenvalue weighted by atomic mass is 10.1. The molecule has 6 nitrogen and oxygen atoms in total. The van der Waals surface area contributed by atoms with Crippen LogP contribution in [0.3, 0.4) is 0 Å². The van der Waals surface area contributed by atoms with Crippen molar-refractivity contribution in [2.75, 3.05) is 13.7 Å². The van der Waals surface area contributed by atoms with Crippen LogP contribution in [0.5, 0.6) is 0 Å². The summed E-state index contributed by atoms with van der Waals surface area (Å²) in [6.07, 6.45) is 5.58. The third-order valence-corrected chi connectivity index (χ3v) is 8.86. The van der Waals surface area contributed by atoms with Gasteiger partial charge in [-0.05, 0) is 25.1 Å². The summed E-state index contributed by atoms with van der Waals surface area (Å²) < 4.78 is 65.3. The molecule has 0 amide bonds. The Balaban J connectivity index is 4.54. The number of carbonyl (C=O) groups excluding carboxylic acids is 1. The molecule has 0 spiro atoms. The molecule has 0 aliphatic carbocycles. The van der Waals surface area contributed by atoms with Crippen LogP contribution in [0.15, 0.2) is 0 Å². The van der Waals surface area contributed by atoms with E-state index in [0.29, 0.717) is 6.42 Å². The number of hydrogen-bond donors (Lipinski definition) is 1. The molecule has 0 aromatic carbocycles. The fourth-order valence-electron chi connectivity index (χ4n) is 2.43. The molecule has 25 heavy (non-hydrogen) atoms. The maximum atomic E-state index is 13.0. The molecule has 1 atom stereocenters. The van der Waals surface area contributed by atoms with Gasteiger partial charge in [0.25, 0.3) is 0 Å². The lowest BCUT2D eigenvalue weighted by molar-refractivity contribution is -0.149. The highest BCUT2D eigenvalue weighted by Gasteiger charge is 2.45. The molecular formula is C15H30F2O6SSi. The summed E-state index contributed by atoms with van der Waals surface area (Å²) >= 11 is 0. The Bertz CT molecular complexity index is 510. The van der Waals surface area contributed by atoms with E-state index in [1.807, 2.05) is 13.1 Å². The molecule has 0 radical (unpaired) electrons. The number of hydrogen-bond acceptors (Lipinski definition) is 5. The van der Waals surface area contributed by atoms with Crippen LogP contribution in [0, 0.1) is 0 Å². The maximum Gasteiger partial charge on any atom is 0.402 e. The summed E-state index contributed by atoms with van der Waals surface area (Å²) in [5.74, 6) is -0.914. The van der Waals surface area contributed by atoms with Gasteiger partial charge >= 0.3 is 21.3 Å². The van der Waals surface area contributed by atoms with Crippen LogP contribution in [0.2, 0.25) is 18.6 Å². The number of alkyl halides is 2. The predicted octanol–water partition coefficient (Wildman–Crippen LogP) is 3.98. The Morgan fingerprint density at radius 3 is 2.28 bits per heavy atom. The van der Waals surface area contributed by atoms with Gasteiger partial charge in [0.1, 0.15) is 0 Å². The highest BCUT2D eigenvalue weighted by atomic mass is 32.2. The van der Waals surface area contributed by atoms with Gasteiger partial charge in [0.2, 0.25) is 0 Å². The molecule has 0 fully saturated rings. The lowest BCUT2D eigenvalue weighted by Crippen LogP contribution is -2.36. The second kappa shape index (κ2) is 10.5. The van der Waals surface area contributed by atoms with Gasteiger partial charge in [0, 0.05) is 13.5 Å². The van der Waals surface area contributed by atoms with Gasteiger partial charge in [-0.1, -0.05) is 39.0 Å². The van der Waals surface area contributed by atoms with Crippen LogP contribution < -0.4 is 0 Å². The molecule has 150 valence electrons. The first-order chi connectivity index (χ1) is 11.4. The zero-order chi connectivity index (χ0) is 19.7.